The van der Waals surface area contributed by atoms with E-state index in [1.54, 1.807) is 13.8 Å². The first kappa shape index (κ1) is 23.9. The van der Waals surface area contributed by atoms with Crippen LogP contribution in [-0.4, -0.2) is 40.4 Å². The molecule has 5 nitrogen and oxygen atoms in total. The summed E-state index contributed by atoms with van der Waals surface area (Å²) >= 11 is 1.24. The molecule has 0 aromatic heterocycles. The number of aliphatic imine (C=N–C) groups is 2. The minimum Gasteiger partial charge on any atom is -0.465 e. The molecule has 1 heterocycles. The summed E-state index contributed by atoms with van der Waals surface area (Å²) in [6.45, 7) is 1.09. The number of rotatable bonds is 6. The molecule has 0 atom stereocenters. The second-order valence-electron chi connectivity index (χ2n) is 7.50. The van der Waals surface area contributed by atoms with Gasteiger partial charge in [-0.05, 0) is 36.6 Å². The average Bonchev–Trinajstić information content (AvgIpc) is 2.86. The Balaban J connectivity index is 2.11. The molecule has 0 bridgehead atoms. The van der Waals surface area contributed by atoms with Crippen molar-refractivity contribution in [1.29, 1.82) is 0 Å². The lowest BCUT2D eigenvalue weighted by atomic mass is 10.3. The third kappa shape index (κ3) is 4.70. The Morgan fingerprint density at radius 3 is 1.74 bits per heavy atom. The molecular formula is C27H25N2O3PS. The van der Waals surface area contributed by atoms with Crippen LogP contribution in [0, 0.1) is 0 Å². The Morgan fingerprint density at radius 2 is 1.29 bits per heavy atom. The topological polar surface area (TPSA) is 68.1 Å². The van der Waals surface area contributed by atoms with Gasteiger partial charge in [0.2, 0.25) is 0 Å². The van der Waals surface area contributed by atoms with Crippen LogP contribution in [0.15, 0.2) is 101 Å². The molecule has 0 aliphatic carbocycles. The SMILES string of the molecule is CCOC(=O)CSC1=NC(C)=NC(=O)C1=P(c1ccccc1)(c1ccccc1)c1ccccc1. The number of hydrogen-bond acceptors (Lipinski definition) is 5. The van der Waals surface area contributed by atoms with Crippen LogP contribution in [-0.2, 0) is 14.3 Å². The molecule has 3 aromatic rings. The lowest BCUT2D eigenvalue weighted by Gasteiger charge is -2.32. The monoisotopic (exact) mass is 488 g/mol. The molecule has 34 heavy (non-hydrogen) atoms. The Labute approximate surface area is 204 Å². The summed E-state index contributed by atoms with van der Waals surface area (Å²) in [7, 11) is 0. The van der Waals surface area contributed by atoms with E-state index >= 15 is 0 Å². The largest absolute Gasteiger partial charge is 0.465 e. The van der Waals surface area contributed by atoms with Crippen LogP contribution < -0.4 is 15.9 Å². The fourth-order valence-corrected chi connectivity index (χ4v) is 9.59. The zero-order valence-electron chi connectivity index (χ0n) is 19.0. The van der Waals surface area contributed by atoms with Crippen LogP contribution in [0.5, 0.6) is 0 Å². The molecule has 1 amide bonds. The maximum absolute atomic E-state index is 13.7. The summed E-state index contributed by atoms with van der Waals surface area (Å²) in [4.78, 5) is 34.9. The Morgan fingerprint density at radius 1 is 0.824 bits per heavy atom. The van der Waals surface area contributed by atoms with Gasteiger partial charge in [-0.2, -0.15) is 4.99 Å². The van der Waals surface area contributed by atoms with Gasteiger partial charge >= 0.3 is 5.97 Å². The van der Waals surface area contributed by atoms with Gasteiger partial charge in [-0.15, -0.1) is 0 Å². The summed E-state index contributed by atoms with van der Waals surface area (Å²) in [6, 6.07) is 30.2. The maximum atomic E-state index is 13.7. The van der Waals surface area contributed by atoms with Gasteiger partial charge < -0.3 is 4.74 Å². The summed E-state index contributed by atoms with van der Waals surface area (Å²) < 4.78 is 5.13. The van der Waals surface area contributed by atoms with Crippen molar-refractivity contribution in [2.24, 2.45) is 9.98 Å². The number of thioether (sulfide) groups is 1. The molecule has 4 rings (SSSR count). The molecule has 3 aromatic carbocycles. The molecule has 1 aliphatic rings. The van der Waals surface area contributed by atoms with E-state index in [-0.39, 0.29) is 17.6 Å². The van der Waals surface area contributed by atoms with Gasteiger partial charge in [-0.1, -0.05) is 103 Å². The summed E-state index contributed by atoms with van der Waals surface area (Å²) in [5, 5.41) is 4.13. The van der Waals surface area contributed by atoms with Crippen molar-refractivity contribution in [2.45, 2.75) is 13.8 Å². The van der Waals surface area contributed by atoms with Gasteiger partial charge in [0.25, 0.3) is 5.91 Å². The van der Waals surface area contributed by atoms with E-state index in [1.165, 1.54) is 11.8 Å². The Hall–Kier alpha value is -3.21. The molecule has 0 fully saturated rings. The normalized spacial score (nSPS) is 13.8. The number of ether oxygens (including phenoxy) is 1. The van der Waals surface area contributed by atoms with E-state index in [2.05, 4.69) is 46.4 Å². The van der Waals surface area contributed by atoms with E-state index in [9.17, 15) is 9.59 Å². The molecule has 172 valence electrons. The van der Waals surface area contributed by atoms with Gasteiger partial charge in [0, 0.05) is 0 Å². The highest BCUT2D eigenvalue weighted by Gasteiger charge is 2.37. The number of carbonyl (C=O) groups is 2. The van der Waals surface area contributed by atoms with Crippen molar-refractivity contribution in [3.8, 4) is 0 Å². The van der Waals surface area contributed by atoms with Crippen molar-refractivity contribution in [3.63, 3.8) is 0 Å². The first-order valence-electron chi connectivity index (χ1n) is 11.0. The summed E-state index contributed by atoms with van der Waals surface area (Å²) in [5.41, 5.74) is 0. The molecule has 0 spiro atoms. The second kappa shape index (κ2) is 10.8. The van der Waals surface area contributed by atoms with Crippen LogP contribution in [0.3, 0.4) is 0 Å². The predicted octanol–water partition coefficient (Wildman–Crippen LogP) is 3.81. The molecular weight excluding hydrogens is 463 g/mol. The van der Waals surface area contributed by atoms with Crippen LogP contribution in [0.1, 0.15) is 13.8 Å². The Bertz CT molecular complexity index is 1200. The minimum atomic E-state index is -2.69. The van der Waals surface area contributed by atoms with E-state index in [0.717, 1.165) is 15.9 Å². The molecule has 0 saturated heterocycles. The van der Waals surface area contributed by atoms with Crippen molar-refractivity contribution >= 4 is 62.6 Å². The number of amides is 1. The first-order chi connectivity index (χ1) is 16.6. The van der Waals surface area contributed by atoms with Crippen LogP contribution >= 0.6 is 18.6 Å². The molecule has 0 unspecified atom stereocenters. The number of nitrogens with zero attached hydrogens (tertiary/aromatic N) is 2. The fourth-order valence-electron chi connectivity index (χ4n) is 4.02. The first-order valence-corrected chi connectivity index (χ1v) is 13.7. The molecule has 0 radical (unpaired) electrons. The smallest absolute Gasteiger partial charge is 0.316 e. The third-order valence-corrected chi connectivity index (χ3v) is 10.7. The van der Waals surface area contributed by atoms with Gasteiger partial charge in [0.15, 0.2) is 0 Å². The second-order valence-corrected chi connectivity index (χ2v) is 11.8. The third-order valence-electron chi connectivity index (χ3n) is 5.33. The van der Waals surface area contributed by atoms with Crippen molar-refractivity contribution < 1.29 is 14.3 Å². The number of amidine groups is 1. The van der Waals surface area contributed by atoms with Crippen LogP contribution in [0.25, 0.3) is 0 Å². The van der Waals surface area contributed by atoms with Crippen molar-refractivity contribution in [2.75, 3.05) is 12.4 Å². The van der Waals surface area contributed by atoms with E-state index < -0.39 is 6.89 Å². The average molecular weight is 489 g/mol. The number of esters is 1. The summed E-state index contributed by atoms with van der Waals surface area (Å²) in [6.07, 6.45) is 0. The highest BCUT2D eigenvalue weighted by atomic mass is 32.2. The number of carbonyl (C=O) groups excluding carboxylic acids is 2. The van der Waals surface area contributed by atoms with Crippen LogP contribution in [0.4, 0.5) is 0 Å². The van der Waals surface area contributed by atoms with Crippen molar-refractivity contribution in [1.82, 2.24) is 0 Å². The highest BCUT2D eigenvalue weighted by Crippen LogP contribution is 2.48. The van der Waals surface area contributed by atoms with Crippen molar-refractivity contribution in [3.05, 3.63) is 91.0 Å². The minimum absolute atomic E-state index is 0.0646. The number of hydrogen-bond donors (Lipinski definition) is 0. The van der Waals surface area contributed by atoms with E-state index in [4.69, 9.17) is 4.74 Å². The molecule has 0 N–H and O–H groups in total. The van der Waals surface area contributed by atoms with Gasteiger partial charge in [0.05, 0.1) is 17.7 Å². The zero-order valence-corrected chi connectivity index (χ0v) is 20.8. The number of benzene rings is 3. The van der Waals surface area contributed by atoms with Gasteiger partial charge in [-0.3, -0.25) is 9.59 Å². The lowest BCUT2D eigenvalue weighted by molar-refractivity contribution is -0.139. The van der Waals surface area contributed by atoms with E-state index in [1.807, 2.05) is 54.6 Å². The van der Waals surface area contributed by atoms with E-state index in [0.29, 0.717) is 22.8 Å². The summed E-state index contributed by atoms with van der Waals surface area (Å²) in [5.74, 6) is -0.212. The predicted molar refractivity (Wildman–Crippen MR) is 145 cm³/mol. The lowest BCUT2D eigenvalue weighted by Crippen LogP contribution is -2.38. The van der Waals surface area contributed by atoms with Gasteiger partial charge in [-0.25, -0.2) is 4.99 Å². The highest BCUT2D eigenvalue weighted by molar-refractivity contribution is 8.19. The standard InChI is InChI=1S/C27H25N2O3PS/c1-3-32-24(30)19-34-27-25(26(31)28-20(2)29-27)33(21-13-7-4-8-14-21,22-15-9-5-10-16-22)23-17-11-6-12-18-23/h4-18H,3,19H2,1-2H3. The quantitative estimate of drug-likeness (QED) is 0.391. The fraction of sp³-hybridized carbons (Fsp3) is 0.148. The van der Waals surface area contributed by atoms with Crippen LogP contribution in [0.2, 0.25) is 0 Å². The van der Waals surface area contributed by atoms with Gasteiger partial charge in [0.1, 0.15) is 10.9 Å². The molecule has 7 heteroatoms. The Kier molecular flexibility index (Phi) is 7.61. The maximum Gasteiger partial charge on any atom is 0.316 e. The molecule has 1 aliphatic heterocycles. The zero-order chi connectivity index (χ0) is 24.0. The molecule has 0 saturated carbocycles.